The first-order valence-electron chi connectivity index (χ1n) is 8.83. The number of allylic oxidation sites excluding steroid dienone is 2. The summed E-state index contributed by atoms with van der Waals surface area (Å²) < 4.78 is 11.1. The molecule has 5 nitrogen and oxygen atoms in total. The summed E-state index contributed by atoms with van der Waals surface area (Å²) in [6, 6.07) is 8.34. The van der Waals surface area contributed by atoms with Crippen molar-refractivity contribution < 1.29 is 9.47 Å². The standard InChI is InChI=1S/C20H23N3O2/c1-12-16(11-21)18(15-10-14(24-2)4-5-17(15)25-3)20-19(22-12)13-6-8-23(20)9-7-13/h4-5,10,13,16,18H,6-9H2,1-3H3/t16?,18-/m1/s1. The summed E-state index contributed by atoms with van der Waals surface area (Å²) in [6.45, 7) is 4.09. The molecular formula is C20H23N3O2. The topological polar surface area (TPSA) is 57.9 Å². The third kappa shape index (κ3) is 2.39. The number of nitriles is 1. The Morgan fingerprint density at radius 2 is 1.96 bits per heavy atom. The maximum absolute atomic E-state index is 9.90. The predicted molar refractivity (Wildman–Crippen MR) is 95.8 cm³/mol. The summed E-state index contributed by atoms with van der Waals surface area (Å²) in [5.41, 5.74) is 4.34. The molecule has 4 aliphatic heterocycles. The molecule has 1 aromatic carbocycles. The van der Waals surface area contributed by atoms with Crippen LogP contribution in [0.1, 0.15) is 31.2 Å². The summed E-state index contributed by atoms with van der Waals surface area (Å²) in [5.74, 6) is 1.78. The van der Waals surface area contributed by atoms with Crippen LogP contribution >= 0.6 is 0 Å². The highest BCUT2D eigenvalue weighted by Gasteiger charge is 2.44. The molecule has 0 aromatic heterocycles. The average molecular weight is 337 g/mol. The molecule has 0 amide bonds. The van der Waals surface area contributed by atoms with Gasteiger partial charge in [0.05, 0.1) is 37.8 Å². The normalized spacial score (nSPS) is 25.4. The van der Waals surface area contributed by atoms with Crippen LogP contribution in [0.4, 0.5) is 0 Å². The van der Waals surface area contributed by atoms with Gasteiger partial charge in [-0.1, -0.05) is 0 Å². The number of fused-ring (bicyclic) bond motifs is 2. The summed E-state index contributed by atoms with van der Waals surface area (Å²) in [7, 11) is 3.34. The second-order valence-electron chi connectivity index (χ2n) is 6.98. The van der Waals surface area contributed by atoms with Crippen molar-refractivity contribution in [2.45, 2.75) is 25.7 Å². The lowest BCUT2D eigenvalue weighted by atomic mass is 9.73. The average Bonchev–Trinajstić information content (AvgIpc) is 2.67. The van der Waals surface area contributed by atoms with Crippen LogP contribution in [0.3, 0.4) is 0 Å². The summed E-state index contributed by atoms with van der Waals surface area (Å²) >= 11 is 0. The molecule has 0 radical (unpaired) electrons. The van der Waals surface area contributed by atoms with E-state index in [1.165, 1.54) is 11.4 Å². The van der Waals surface area contributed by atoms with Crippen LogP contribution in [0.15, 0.2) is 34.6 Å². The lowest BCUT2D eigenvalue weighted by Gasteiger charge is -2.48. The third-order valence-corrected chi connectivity index (χ3v) is 5.77. The molecule has 2 bridgehead atoms. The highest BCUT2D eigenvalue weighted by molar-refractivity contribution is 5.90. The molecule has 25 heavy (non-hydrogen) atoms. The molecule has 1 aromatic rings. The zero-order valence-electron chi connectivity index (χ0n) is 15.0. The largest absolute Gasteiger partial charge is 0.497 e. The summed E-state index contributed by atoms with van der Waals surface area (Å²) in [4.78, 5) is 7.30. The van der Waals surface area contributed by atoms with Crippen molar-refractivity contribution in [3.05, 3.63) is 35.2 Å². The first-order chi connectivity index (χ1) is 12.2. The van der Waals surface area contributed by atoms with Gasteiger partial charge in [-0.25, -0.2) is 0 Å². The fraction of sp³-hybridized carbons (Fsp3) is 0.500. The first kappa shape index (κ1) is 16.0. The molecule has 5 heteroatoms. The number of benzene rings is 1. The van der Waals surface area contributed by atoms with Crippen molar-refractivity contribution in [1.82, 2.24) is 4.90 Å². The molecular weight excluding hydrogens is 314 g/mol. The number of ether oxygens (including phenoxy) is 2. The molecule has 1 fully saturated rings. The van der Waals surface area contributed by atoms with Crippen molar-refractivity contribution in [3.8, 4) is 17.6 Å². The van der Waals surface area contributed by atoms with Crippen LogP contribution in [-0.4, -0.2) is 37.9 Å². The fourth-order valence-corrected chi connectivity index (χ4v) is 4.51. The van der Waals surface area contributed by atoms with Gasteiger partial charge in [0.25, 0.3) is 0 Å². The highest BCUT2D eigenvalue weighted by Crippen LogP contribution is 2.50. The van der Waals surface area contributed by atoms with Gasteiger partial charge in [-0.2, -0.15) is 5.26 Å². The Labute approximate surface area is 148 Å². The summed E-state index contributed by atoms with van der Waals surface area (Å²) in [5, 5.41) is 9.90. The van der Waals surface area contributed by atoms with Crippen LogP contribution < -0.4 is 9.47 Å². The lowest BCUT2D eigenvalue weighted by Crippen LogP contribution is -2.45. The number of aliphatic imine (C=N–C) groups is 1. The molecule has 4 heterocycles. The molecule has 0 saturated carbocycles. The molecule has 0 spiro atoms. The second-order valence-corrected chi connectivity index (χ2v) is 6.98. The number of methoxy groups -OCH3 is 2. The van der Waals surface area contributed by atoms with Crippen molar-refractivity contribution in [2.75, 3.05) is 27.3 Å². The lowest BCUT2D eigenvalue weighted by molar-refractivity contribution is 0.186. The smallest absolute Gasteiger partial charge is 0.123 e. The van der Waals surface area contributed by atoms with E-state index in [1.54, 1.807) is 14.2 Å². The van der Waals surface area contributed by atoms with Gasteiger partial charge in [0.2, 0.25) is 0 Å². The van der Waals surface area contributed by atoms with E-state index >= 15 is 0 Å². The van der Waals surface area contributed by atoms with E-state index in [4.69, 9.17) is 14.5 Å². The van der Waals surface area contributed by atoms with Crippen molar-refractivity contribution in [1.29, 1.82) is 5.26 Å². The number of hydrogen-bond acceptors (Lipinski definition) is 5. The molecule has 4 aliphatic rings. The van der Waals surface area contributed by atoms with Gasteiger partial charge >= 0.3 is 0 Å². The van der Waals surface area contributed by atoms with Crippen molar-refractivity contribution >= 4 is 5.71 Å². The molecule has 1 unspecified atom stereocenters. The van der Waals surface area contributed by atoms with Crippen LogP contribution in [-0.2, 0) is 0 Å². The van der Waals surface area contributed by atoms with Crippen LogP contribution in [0, 0.1) is 23.2 Å². The Bertz CT molecular complexity index is 798. The van der Waals surface area contributed by atoms with E-state index < -0.39 is 0 Å². The zero-order valence-corrected chi connectivity index (χ0v) is 15.0. The number of rotatable bonds is 3. The van der Waals surface area contributed by atoms with E-state index in [0.717, 1.165) is 48.7 Å². The number of nitrogens with zero attached hydrogens (tertiary/aromatic N) is 3. The van der Waals surface area contributed by atoms with E-state index in [-0.39, 0.29) is 11.8 Å². The monoisotopic (exact) mass is 337 g/mol. The third-order valence-electron chi connectivity index (χ3n) is 5.77. The van der Waals surface area contributed by atoms with Crippen molar-refractivity contribution in [2.24, 2.45) is 16.8 Å². The minimum Gasteiger partial charge on any atom is -0.497 e. The quantitative estimate of drug-likeness (QED) is 0.849. The zero-order chi connectivity index (χ0) is 17.6. The number of hydrogen-bond donors (Lipinski definition) is 0. The predicted octanol–water partition coefficient (Wildman–Crippen LogP) is 3.34. The molecule has 130 valence electrons. The van der Waals surface area contributed by atoms with E-state index in [2.05, 4.69) is 11.0 Å². The van der Waals surface area contributed by atoms with Gasteiger partial charge in [0, 0.05) is 36.0 Å². The van der Waals surface area contributed by atoms with Gasteiger partial charge in [-0.15, -0.1) is 0 Å². The van der Waals surface area contributed by atoms with Gasteiger partial charge in [-0.05, 0) is 38.0 Å². The molecule has 0 aliphatic carbocycles. The SMILES string of the molecule is COc1ccc(OC)c([C@H]2C3=C(N=C(C)C2C#N)C2CCN3CC2)c1. The Morgan fingerprint density at radius 3 is 2.60 bits per heavy atom. The van der Waals surface area contributed by atoms with Crippen LogP contribution in [0.25, 0.3) is 0 Å². The van der Waals surface area contributed by atoms with Gasteiger partial charge in [0.1, 0.15) is 11.5 Å². The Kier molecular flexibility index (Phi) is 3.91. The van der Waals surface area contributed by atoms with Crippen molar-refractivity contribution in [3.63, 3.8) is 0 Å². The molecule has 1 saturated heterocycles. The van der Waals surface area contributed by atoms with Crippen LogP contribution in [0.5, 0.6) is 11.5 Å². The minimum atomic E-state index is -0.279. The Hall–Kier alpha value is -2.48. The summed E-state index contributed by atoms with van der Waals surface area (Å²) in [6.07, 6.45) is 2.32. The van der Waals surface area contributed by atoms with Gasteiger partial charge in [-0.3, -0.25) is 4.99 Å². The Morgan fingerprint density at radius 1 is 1.20 bits per heavy atom. The van der Waals surface area contributed by atoms with Gasteiger partial charge in [0.15, 0.2) is 0 Å². The van der Waals surface area contributed by atoms with E-state index in [0.29, 0.717) is 5.92 Å². The van der Waals surface area contributed by atoms with E-state index in [1.807, 2.05) is 25.1 Å². The minimum absolute atomic E-state index is 0.0503. The molecule has 5 rings (SSSR count). The maximum Gasteiger partial charge on any atom is 0.123 e. The van der Waals surface area contributed by atoms with E-state index in [9.17, 15) is 5.26 Å². The van der Waals surface area contributed by atoms with Crippen LogP contribution in [0.2, 0.25) is 0 Å². The molecule has 0 N–H and O–H groups in total. The number of piperidine rings is 1. The second kappa shape index (κ2) is 6.11. The highest BCUT2D eigenvalue weighted by atomic mass is 16.5. The van der Waals surface area contributed by atoms with Gasteiger partial charge < -0.3 is 14.4 Å². The fourth-order valence-electron chi connectivity index (χ4n) is 4.51. The molecule has 2 atom stereocenters. The first-order valence-corrected chi connectivity index (χ1v) is 8.83. The maximum atomic E-state index is 9.90. The Balaban J connectivity index is 1.93.